The van der Waals surface area contributed by atoms with Crippen molar-refractivity contribution in [2.75, 3.05) is 5.73 Å². The number of nitrogen functional groups attached to an aromatic ring is 1. The van der Waals surface area contributed by atoms with E-state index in [9.17, 15) is 17.6 Å². The van der Waals surface area contributed by atoms with E-state index < -0.39 is 28.8 Å². The monoisotopic (exact) mass is 451 g/mol. The Bertz CT molecular complexity index is 1520. The van der Waals surface area contributed by atoms with Crippen molar-refractivity contribution in [3.8, 4) is 22.6 Å². The number of anilines is 1. The Balaban J connectivity index is 1.61. The van der Waals surface area contributed by atoms with E-state index in [-0.39, 0.29) is 29.6 Å². The zero-order valence-corrected chi connectivity index (χ0v) is 16.7. The summed E-state index contributed by atoms with van der Waals surface area (Å²) < 4.78 is 57.0. The summed E-state index contributed by atoms with van der Waals surface area (Å²) in [5.74, 6) is -3.58. The van der Waals surface area contributed by atoms with Crippen LogP contribution in [0.25, 0.3) is 28.2 Å². The van der Waals surface area contributed by atoms with E-state index in [4.69, 9.17) is 5.73 Å². The topological polar surface area (TPSA) is 94.9 Å². The Morgan fingerprint density at radius 1 is 0.939 bits per heavy atom. The Kier molecular flexibility index (Phi) is 4.93. The number of halogens is 4. The Labute approximate surface area is 183 Å². The molecule has 7 nitrogen and oxygen atoms in total. The first-order valence-corrected chi connectivity index (χ1v) is 9.61. The second kappa shape index (κ2) is 7.93. The predicted molar refractivity (Wildman–Crippen MR) is 111 cm³/mol. The normalized spacial score (nSPS) is 11.3. The summed E-state index contributed by atoms with van der Waals surface area (Å²) in [5, 5.41) is 4.18. The highest BCUT2D eigenvalue weighted by molar-refractivity contribution is 5.77. The third-order valence-corrected chi connectivity index (χ3v) is 5.00. The van der Waals surface area contributed by atoms with E-state index in [0.717, 1.165) is 12.3 Å². The molecule has 0 bridgehead atoms. The Morgan fingerprint density at radius 2 is 1.76 bits per heavy atom. The van der Waals surface area contributed by atoms with Gasteiger partial charge in [-0.3, -0.25) is 4.98 Å². The molecule has 0 aliphatic carbocycles. The van der Waals surface area contributed by atoms with E-state index in [1.165, 1.54) is 29.2 Å². The van der Waals surface area contributed by atoms with Crippen LogP contribution in [0.3, 0.4) is 0 Å². The fourth-order valence-electron chi connectivity index (χ4n) is 3.45. The lowest BCUT2D eigenvalue weighted by molar-refractivity contribution is 0.481. The summed E-state index contributed by atoms with van der Waals surface area (Å²) in [6.07, 6.45) is 4.99. The molecule has 4 aromatic heterocycles. The van der Waals surface area contributed by atoms with Crippen molar-refractivity contribution in [1.29, 1.82) is 0 Å². The van der Waals surface area contributed by atoms with E-state index >= 15 is 0 Å². The quantitative estimate of drug-likeness (QED) is 0.328. The molecule has 0 fully saturated rings. The number of benzene rings is 1. The van der Waals surface area contributed by atoms with Crippen molar-refractivity contribution in [2.24, 2.45) is 0 Å². The van der Waals surface area contributed by atoms with Gasteiger partial charge >= 0.3 is 0 Å². The predicted octanol–water partition coefficient (Wildman–Crippen LogP) is 3.98. The van der Waals surface area contributed by atoms with Gasteiger partial charge in [-0.15, -0.1) is 0 Å². The van der Waals surface area contributed by atoms with Crippen LogP contribution in [0.4, 0.5) is 23.4 Å². The minimum absolute atomic E-state index is 0.0567. The first kappa shape index (κ1) is 20.5. The fourth-order valence-corrected chi connectivity index (χ4v) is 3.45. The smallest absolute Gasteiger partial charge is 0.182 e. The maximum Gasteiger partial charge on any atom is 0.182 e. The Hall–Kier alpha value is -4.41. The van der Waals surface area contributed by atoms with E-state index in [0.29, 0.717) is 22.7 Å². The number of pyridine rings is 1. The second-order valence-electron chi connectivity index (χ2n) is 7.08. The molecule has 5 rings (SSSR count). The van der Waals surface area contributed by atoms with Crippen LogP contribution in [0, 0.1) is 23.3 Å². The van der Waals surface area contributed by atoms with Gasteiger partial charge in [-0.2, -0.15) is 5.10 Å². The lowest BCUT2D eigenvalue weighted by Crippen LogP contribution is -2.05. The average molecular weight is 451 g/mol. The number of hydrogen-bond donors (Lipinski definition) is 1. The number of imidazole rings is 1. The van der Waals surface area contributed by atoms with Crippen LogP contribution in [0.2, 0.25) is 0 Å². The molecule has 0 amide bonds. The fraction of sp³-hybridized carbons (Fsp3) is 0.0455. The summed E-state index contributed by atoms with van der Waals surface area (Å²) in [7, 11) is 0. The van der Waals surface area contributed by atoms with Crippen LogP contribution in [-0.2, 0) is 6.42 Å². The van der Waals surface area contributed by atoms with Crippen molar-refractivity contribution in [2.45, 2.75) is 6.42 Å². The Morgan fingerprint density at radius 3 is 2.55 bits per heavy atom. The van der Waals surface area contributed by atoms with Gasteiger partial charge in [0.25, 0.3) is 0 Å². The van der Waals surface area contributed by atoms with E-state index in [1.54, 1.807) is 12.1 Å². The van der Waals surface area contributed by atoms with Gasteiger partial charge in [-0.1, -0.05) is 0 Å². The third-order valence-electron chi connectivity index (χ3n) is 5.00. The molecule has 164 valence electrons. The standard InChI is InChI=1S/C22H13F4N7/c23-12-6-11(8-28-9-12)14-10-29-22(32-21(14)27)20-17-2-1-5-30-33(17)18(31-20)7-13-15(24)3-4-16(25)19(13)26/h1-6,8-10H,7H2,(H2,27,29,32). The van der Waals surface area contributed by atoms with Crippen molar-refractivity contribution in [1.82, 2.24) is 29.5 Å². The summed E-state index contributed by atoms with van der Waals surface area (Å²) in [4.78, 5) is 16.8. The van der Waals surface area contributed by atoms with Gasteiger partial charge in [0.05, 0.1) is 11.7 Å². The summed E-state index contributed by atoms with van der Waals surface area (Å²) >= 11 is 0. The minimum Gasteiger partial charge on any atom is -0.383 e. The molecule has 2 N–H and O–H groups in total. The zero-order valence-electron chi connectivity index (χ0n) is 16.7. The first-order valence-electron chi connectivity index (χ1n) is 9.61. The van der Waals surface area contributed by atoms with Crippen molar-refractivity contribution >= 4 is 11.3 Å². The van der Waals surface area contributed by atoms with Crippen LogP contribution in [0.15, 0.2) is 55.1 Å². The van der Waals surface area contributed by atoms with E-state index in [2.05, 4.69) is 25.0 Å². The molecule has 4 heterocycles. The first-order chi connectivity index (χ1) is 15.9. The number of fused-ring (bicyclic) bond motifs is 1. The third kappa shape index (κ3) is 3.63. The van der Waals surface area contributed by atoms with Crippen LogP contribution in [0.1, 0.15) is 11.4 Å². The number of nitrogens with two attached hydrogens (primary N) is 1. The van der Waals surface area contributed by atoms with Crippen LogP contribution >= 0.6 is 0 Å². The molecule has 5 aromatic rings. The van der Waals surface area contributed by atoms with Crippen LogP contribution in [-0.4, -0.2) is 29.5 Å². The molecule has 0 atom stereocenters. The number of nitrogens with zero attached hydrogens (tertiary/aromatic N) is 6. The van der Waals surface area contributed by atoms with Gasteiger partial charge < -0.3 is 5.73 Å². The van der Waals surface area contributed by atoms with E-state index in [1.807, 2.05) is 0 Å². The molecule has 33 heavy (non-hydrogen) atoms. The molecular weight excluding hydrogens is 438 g/mol. The zero-order chi connectivity index (χ0) is 23.1. The molecular formula is C22H13F4N7. The van der Waals surface area contributed by atoms with Gasteiger partial charge in [0, 0.05) is 41.7 Å². The second-order valence-corrected chi connectivity index (χ2v) is 7.08. The number of hydrogen-bond acceptors (Lipinski definition) is 6. The highest BCUT2D eigenvalue weighted by atomic mass is 19.2. The number of rotatable bonds is 4. The summed E-state index contributed by atoms with van der Waals surface area (Å²) in [6, 6.07) is 6.12. The van der Waals surface area contributed by atoms with Crippen LogP contribution < -0.4 is 5.73 Å². The molecule has 1 aromatic carbocycles. The molecule has 0 aliphatic rings. The highest BCUT2D eigenvalue weighted by Gasteiger charge is 2.21. The maximum absolute atomic E-state index is 14.2. The van der Waals surface area contributed by atoms with Crippen molar-refractivity contribution < 1.29 is 17.6 Å². The van der Waals surface area contributed by atoms with Gasteiger partial charge in [0.1, 0.15) is 29.0 Å². The summed E-state index contributed by atoms with van der Waals surface area (Å²) in [6.45, 7) is 0. The molecule has 0 spiro atoms. The lowest BCUT2D eigenvalue weighted by atomic mass is 10.1. The lowest BCUT2D eigenvalue weighted by Gasteiger charge is -2.06. The van der Waals surface area contributed by atoms with Gasteiger partial charge in [-0.25, -0.2) is 37.0 Å². The molecule has 0 saturated heterocycles. The summed E-state index contributed by atoms with van der Waals surface area (Å²) in [5.41, 5.74) is 7.07. The minimum atomic E-state index is -1.29. The van der Waals surface area contributed by atoms with Gasteiger partial charge in [0.15, 0.2) is 17.5 Å². The number of aromatic nitrogens is 6. The largest absolute Gasteiger partial charge is 0.383 e. The maximum atomic E-state index is 14.2. The van der Waals surface area contributed by atoms with Crippen LogP contribution in [0.5, 0.6) is 0 Å². The highest BCUT2D eigenvalue weighted by Crippen LogP contribution is 2.29. The van der Waals surface area contributed by atoms with Gasteiger partial charge in [-0.05, 0) is 30.3 Å². The SMILES string of the molecule is Nc1nc(-c2nc(Cc3c(F)ccc(F)c3F)n3ncccc23)ncc1-c1cncc(F)c1. The molecule has 0 aliphatic heterocycles. The van der Waals surface area contributed by atoms with Gasteiger partial charge in [0.2, 0.25) is 0 Å². The van der Waals surface area contributed by atoms with Crippen molar-refractivity contribution in [3.63, 3.8) is 0 Å². The molecule has 11 heteroatoms. The average Bonchev–Trinajstić information content (AvgIpc) is 3.18. The van der Waals surface area contributed by atoms with Crippen molar-refractivity contribution in [3.05, 3.63) is 89.8 Å². The molecule has 0 unspecified atom stereocenters. The molecule has 0 saturated carbocycles. The molecule has 0 radical (unpaired) electrons.